The van der Waals surface area contributed by atoms with Crippen molar-refractivity contribution in [2.24, 2.45) is 0 Å². The molecular weight excluding hydrogens is 263 g/mol. The lowest BCUT2D eigenvalue weighted by atomic mass is 9.92. The summed E-state index contributed by atoms with van der Waals surface area (Å²) in [5.41, 5.74) is 6.18. The quantitative estimate of drug-likeness (QED) is 0.684. The van der Waals surface area contributed by atoms with Crippen molar-refractivity contribution < 1.29 is 9.18 Å². The van der Waals surface area contributed by atoms with Gasteiger partial charge in [0.2, 0.25) is 0 Å². The van der Waals surface area contributed by atoms with Gasteiger partial charge in [0, 0.05) is 36.2 Å². The van der Waals surface area contributed by atoms with Gasteiger partial charge in [-0.25, -0.2) is 8.70 Å². The van der Waals surface area contributed by atoms with Crippen LogP contribution in [0.3, 0.4) is 0 Å². The Morgan fingerprint density at radius 1 is 1.47 bits per heavy atom. The van der Waals surface area contributed by atoms with Crippen LogP contribution in [0.5, 0.6) is 0 Å². The second-order valence-electron chi connectivity index (χ2n) is 5.47. The highest BCUT2D eigenvalue weighted by molar-refractivity contribution is 7.96. The number of benzene rings is 1. The third-order valence-corrected chi connectivity index (χ3v) is 4.81. The molecule has 2 N–H and O–H groups in total. The Bertz CT molecular complexity index is 490. The molecule has 0 aromatic heterocycles. The van der Waals surface area contributed by atoms with Gasteiger partial charge in [-0.1, -0.05) is 24.1 Å². The lowest BCUT2D eigenvalue weighted by molar-refractivity contribution is -0.123. The zero-order valence-electron chi connectivity index (χ0n) is 11.3. The summed E-state index contributed by atoms with van der Waals surface area (Å²) in [6, 6.07) is 5.08. The van der Waals surface area contributed by atoms with Gasteiger partial charge in [0.15, 0.2) is 0 Å². The zero-order valence-corrected chi connectivity index (χ0v) is 12.1. The SMILES string of the molecule is CC1(C)CC(=O)CCN1SCc1cccc(N)c1F. The normalized spacial score (nSPS) is 19.6. The molecule has 5 heteroatoms. The zero-order chi connectivity index (χ0) is 14.0. The first kappa shape index (κ1) is 14.3. The smallest absolute Gasteiger partial charge is 0.150 e. The number of Topliss-reactive ketones (excluding diaryl/α,β-unsaturated/α-hetero) is 1. The van der Waals surface area contributed by atoms with E-state index in [1.165, 1.54) is 0 Å². The molecule has 1 aromatic carbocycles. The molecule has 0 radical (unpaired) electrons. The van der Waals surface area contributed by atoms with E-state index < -0.39 is 0 Å². The van der Waals surface area contributed by atoms with Gasteiger partial charge >= 0.3 is 0 Å². The van der Waals surface area contributed by atoms with Crippen molar-refractivity contribution in [2.75, 3.05) is 12.3 Å². The molecule has 0 bridgehead atoms. The lowest BCUT2D eigenvalue weighted by Gasteiger charge is -2.40. The predicted molar refractivity (Wildman–Crippen MR) is 77.1 cm³/mol. The fourth-order valence-corrected chi connectivity index (χ4v) is 3.44. The fourth-order valence-electron chi connectivity index (χ4n) is 2.29. The van der Waals surface area contributed by atoms with Gasteiger partial charge in [0.1, 0.15) is 11.6 Å². The van der Waals surface area contributed by atoms with E-state index in [0.717, 1.165) is 6.54 Å². The molecule has 0 aliphatic carbocycles. The second-order valence-corrected chi connectivity index (χ2v) is 6.46. The maximum absolute atomic E-state index is 13.8. The Labute approximate surface area is 117 Å². The van der Waals surface area contributed by atoms with Gasteiger partial charge in [-0.2, -0.15) is 0 Å². The first-order valence-corrected chi connectivity index (χ1v) is 7.29. The highest BCUT2D eigenvalue weighted by Gasteiger charge is 2.34. The number of anilines is 1. The number of carbonyl (C=O) groups is 1. The molecule has 0 amide bonds. The number of nitrogens with two attached hydrogens (primary N) is 1. The average Bonchev–Trinajstić information content (AvgIpc) is 2.32. The molecule has 1 aliphatic rings. The molecule has 0 saturated carbocycles. The summed E-state index contributed by atoms with van der Waals surface area (Å²) < 4.78 is 16.0. The monoisotopic (exact) mass is 282 g/mol. The Kier molecular flexibility index (Phi) is 4.16. The summed E-state index contributed by atoms with van der Waals surface area (Å²) in [6.45, 7) is 4.82. The van der Waals surface area contributed by atoms with Crippen LogP contribution >= 0.6 is 11.9 Å². The summed E-state index contributed by atoms with van der Waals surface area (Å²) in [7, 11) is 0. The van der Waals surface area contributed by atoms with E-state index in [1.54, 1.807) is 30.1 Å². The highest BCUT2D eigenvalue weighted by Crippen LogP contribution is 2.33. The summed E-state index contributed by atoms with van der Waals surface area (Å²) >= 11 is 1.57. The Balaban J connectivity index is 2.02. The van der Waals surface area contributed by atoms with E-state index in [1.807, 2.05) is 13.8 Å². The average molecular weight is 282 g/mol. The molecule has 1 heterocycles. The molecule has 3 nitrogen and oxygen atoms in total. The molecule has 1 aromatic rings. The molecule has 0 atom stereocenters. The van der Waals surface area contributed by atoms with Crippen LogP contribution < -0.4 is 5.73 Å². The summed E-state index contributed by atoms with van der Waals surface area (Å²) in [5, 5.41) is 0. The minimum atomic E-state index is -0.333. The molecule has 1 aliphatic heterocycles. The van der Waals surface area contributed by atoms with E-state index >= 15 is 0 Å². The minimum Gasteiger partial charge on any atom is -0.396 e. The molecule has 0 unspecified atom stereocenters. The van der Waals surface area contributed by atoms with E-state index in [0.29, 0.717) is 29.9 Å². The van der Waals surface area contributed by atoms with Crippen LogP contribution in [0.15, 0.2) is 18.2 Å². The third-order valence-electron chi connectivity index (χ3n) is 3.38. The molecule has 1 saturated heterocycles. The molecule has 0 spiro atoms. The van der Waals surface area contributed by atoms with Gasteiger partial charge in [-0.3, -0.25) is 4.79 Å². The lowest BCUT2D eigenvalue weighted by Crippen LogP contribution is -2.46. The highest BCUT2D eigenvalue weighted by atomic mass is 32.2. The largest absolute Gasteiger partial charge is 0.396 e. The maximum atomic E-state index is 13.8. The molecule has 2 rings (SSSR count). The Hall–Kier alpha value is -1.07. The van der Waals surface area contributed by atoms with Crippen LogP contribution in [0.2, 0.25) is 0 Å². The summed E-state index contributed by atoms with van der Waals surface area (Å²) in [4.78, 5) is 11.5. The van der Waals surface area contributed by atoms with Crippen LogP contribution in [0.1, 0.15) is 32.3 Å². The van der Waals surface area contributed by atoms with Crippen LogP contribution in [0.25, 0.3) is 0 Å². The number of ketones is 1. The number of nitrogen functional groups attached to an aromatic ring is 1. The van der Waals surface area contributed by atoms with Gasteiger partial charge in [-0.05, 0) is 19.9 Å². The van der Waals surface area contributed by atoms with Gasteiger partial charge in [-0.15, -0.1) is 0 Å². The van der Waals surface area contributed by atoms with Crippen molar-refractivity contribution in [1.82, 2.24) is 4.31 Å². The van der Waals surface area contributed by atoms with Crippen molar-refractivity contribution in [3.63, 3.8) is 0 Å². The summed E-state index contributed by atoms with van der Waals surface area (Å²) in [6.07, 6.45) is 1.13. The maximum Gasteiger partial charge on any atom is 0.150 e. The first-order chi connectivity index (χ1) is 8.90. The number of hydrogen-bond acceptors (Lipinski definition) is 4. The molecule has 104 valence electrons. The second kappa shape index (κ2) is 5.51. The third kappa shape index (κ3) is 3.28. The van der Waals surface area contributed by atoms with Crippen molar-refractivity contribution in [1.29, 1.82) is 0 Å². The standard InChI is InChI=1S/C14H19FN2OS/c1-14(2)8-11(18)6-7-17(14)19-9-10-4-3-5-12(16)13(10)15/h3-5H,6-9,16H2,1-2H3. The summed E-state index contributed by atoms with van der Waals surface area (Å²) in [5.74, 6) is 0.506. The number of nitrogens with zero attached hydrogens (tertiary/aromatic N) is 1. The number of carbonyl (C=O) groups excluding carboxylic acids is 1. The first-order valence-electron chi connectivity index (χ1n) is 6.35. The van der Waals surface area contributed by atoms with Gasteiger partial charge < -0.3 is 5.73 Å². The molecular formula is C14H19FN2OS. The Morgan fingerprint density at radius 3 is 2.89 bits per heavy atom. The van der Waals surface area contributed by atoms with Crippen molar-refractivity contribution >= 4 is 23.4 Å². The predicted octanol–water partition coefficient (Wildman–Crippen LogP) is 3.00. The molecule has 19 heavy (non-hydrogen) atoms. The number of piperidine rings is 1. The van der Waals surface area contributed by atoms with Crippen molar-refractivity contribution in [3.05, 3.63) is 29.6 Å². The van der Waals surface area contributed by atoms with Crippen LogP contribution in [0, 0.1) is 5.82 Å². The fraction of sp³-hybridized carbons (Fsp3) is 0.500. The number of hydrogen-bond donors (Lipinski definition) is 1. The number of halogens is 1. The number of rotatable bonds is 3. The van der Waals surface area contributed by atoms with E-state index in [2.05, 4.69) is 4.31 Å². The van der Waals surface area contributed by atoms with Crippen LogP contribution in [-0.2, 0) is 10.5 Å². The molecule has 1 fully saturated rings. The van der Waals surface area contributed by atoms with Gasteiger partial charge in [0.25, 0.3) is 0 Å². The Morgan fingerprint density at radius 2 is 2.21 bits per heavy atom. The van der Waals surface area contributed by atoms with Gasteiger partial charge in [0.05, 0.1) is 5.69 Å². The topological polar surface area (TPSA) is 46.3 Å². The van der Waals surface area contributed by atoms with Crippen molar-refractivity contribution in [3.8, 4) is 0 Å². The van der Waals surface area contributed by atoms with Crippen molar-refractivity contribution in [2.45, 2.75) is 38.0 Å². The van der Waals surface area contributed by atoms with Crippen LogP contribution in [-0.4, -0.2) is 22.2 Å². The van der Waals surface area contributed by atoms with E-state index in [4.69, 9.17) is 5.73 Å². The minimum absolute atomic E-state index is 0.170. The van der Waals surface area contributed by atoms with E-state index in [9.17, 15) is 9.18 Å². The van der Waals surface area contributed by atoms with Crippen LogP contribution in [0.4, 0.5) is 10.1 Å². The van der Waals surface area contributed by atoms with E-state index in [-0.39, 0.29) is 17.0 Å².